The number of fused-ring (bicyclic) bond motifs is 1. The summed E-state index contributed by atoms with van der Waals surface area (Å²) in [6, 6.07) is 0. The third-order valence-corrected chi connectivity index (χ3v) is 4.54. The fourth-order valence-corrected chi connectivity index (χ4v) is 2.88. The first-order chi connectivity index (χ1) is 11.3. The van der Waals surface area contributed by atoms with E-state index in [-0.39, 0.29) is 24.0 Å². The van der Waals surface area contributed by atoms with E-state index in [0.29, 0.717) is 6.54 Å². The lowest BCUT2D eigenvalue weighted by molar-refractivity contribution is 0.115. The average Bonchev–Trinajstić information content (AvgIpc) is 3.31. The fraction of sp³-hybridized carbons (Fsp3) is 0.812. The number of nitrogens with one attached hydrogen (secondary N) is 1. The summed E-state index contributed by atoms with van der Waals surface area (Å²) in [7, 11) is 3.85. The Labute approximate surface area is 161 Å². The Morgan fingerprint density at radius 1 is 1.38 bits per heavy atom. The van der Waals surface area contributed by atoms with Crippen LogP contribution in [0.4, 0.5) is 0 Å². The molecule has 1 saturated carbocycles. The largest absolute Gasteiger partial charge is 0.379 e. The Kier molecular flexibility index (Phi) is 7.73. The van der Waals surface area contributed by atoms with E-state index in [1.165, 1.54) is 25.7 Å². The van der Waals surface area contributed by atoms with Crippen molar-refractivity contribution in [2.45, 2.75) is 45.2 Å². The fourth-order valence-electron chi connectivity index (χ4n) is 2.88. The minimum atomic E-state index is 0. The van der Waals surface area contributed by atoms with Gasteiger partial charge in [-0.05, 0) is 31.6 Å². The maximum atomic E-state index is 5.70. The molecule has 0 radical (unpaired) electrons. The summed E-state index contributed by atoms with van der Waals surface area (Å²) in [4.78, 5) is 6.44. The Balaban J connectivity index is 0.00000208. The monoisotopic (exact) mass is 448 g/mol. The summed E-state index contributed by atoms with van der Waals surface area (Å²) < 4.78 is 7.94. The molecule has 2 aliphatic rings. The van der Waals surface area contributed by atoms with Crippen LogP contribution in [0, 0.1) is 5.92 Å². The molecule has 2 heterocycles. The first-order valence-electron chi connectivity index (χ1n) is 8.68. The Hall–Kier alpha value is -0.900. The van der Waals surface area contributed by atoms with Gasteiger partial charge in [0.25, 0.3) is 0 Å². The molecule has 8 heteroatoms. The van der Waals surface area contributed by atoms with Gasteiger partial charge in [-0.3, -0.25) is 4.99 Å². The Morgan fingerprint density at radius 3 is 2.96 bits per heavy atom. The van der Waals surface area contributed by atoms with Crippen molar-refractivity contribution in [2.24, 2.45) is 10.9 Å². The van der Waals surface area contributed by atoms with Crippen molar-refractivity contribution in [1.82, 2.24) is 25.0 Å². The van der Waals surface area contributed by atoms with Crippen LogP contribution in [0.3, 0.4) is 0 Å². The lowest BCUT2D eigenvalue weighted by Crippen LogP contribution is -2.40. The highest BCUT2D eigenvalue weighted by Crippen LogP contribution is 2.28. The van der Waals surface area contributed by atoms with Crippen molar-refractivity contribution in [3.63, 3.8) is 0 Å². The number of aliphatic imine (C=N–C) groups is 1. The third kappa shape index (κ3) is 5.30. The number of guanidine groups is 1. The topological polar surface area (TPSA) is 67.6 Å². The summed E-state index contributed by atoms with van der Waals surface area (Å²) in [5.74, 6) is 3.80. The predicted octanol–water partition coefficient (Wildman–Crippen LogP) is 1.67. The molecule has 1 aliphatic carbocycles. The number of nitrogens with zero attached hydrogens (tertiary/aromatic N) is 5. The molecule has 0 spiro atoms. The van der Waals surface area contributed by atoms with Crippen molar-refractivity contribution < 1.29 is 4.74 Å². The molecule has 3 rings (SSSR count). The zero-order chi connectivity index (χ0) is 16.1. The second-order valence-electron chi connectivity index (χ2n) is 6.48. The van der Waals surface area contributed by atoms with Gasteiger partial charge >= 0.3 is 0 Å². The van der Waals surface area contributed by atoms with E-state index in [1.807, 2.05) is 14.1 Å². The van der Waals surface area contributed by atoms with Gasteiger partial charge < -0.3 is 19.5 Å². The van der Waals surface area contributed by atoms with Crippen molar-refractivity contribution in [3.8, 4) is 0 Å². The van der Waals surface area contributed by atoms with Crippen molar-refractivity contribution >= 4 is 29.9 Å². The lowest BCUT2D eigenvalue weighted by atomic mass is 10.2. The normalized spacial score (nSPS) is 17.2. The van der Waals surface area contributed by atoms with Gasteiger partial charge in [-0.2, -0.15) is 0 Å². The molecule has 1 aromatic heterocycles. The summed E-state index contributed by atoms with van der Waals surface area (Å²) in [5, 5.41) is 12.0. The molecule has 0 saturated heterocycles. The molecular weight excluding hydrogens is 419 g/mol. The number of aromatic nitrogens is 3. The highest BCUT2D eigenvalue weighted by atomic mass is 127. The Morgan fingerprint density at radius 2 is 2.21 bits per heavy atom. The van der Waals surface area contributed by atoms with Crippen LogP contribution in [0.25, 0.3) is 0 Å². The van der Waals surface area contributed by atoms with E-state index in [0.717, 1.165) is 56.3 Å². The van der Waals surface area contributed by atoms with Gasteiger partial charge in [-0.1, -0.05) is 0 Å². The maximum absolute atomic E-state index is 5.70. The van der Waals surface area contributed by atoms with Crippen LogP contribution >= 0.6 is 24.0 Å². The zero-order valence-electron chi connectivity index (χ0n) is 14.7. The van der Waals surface area contributed by atoms with Crippen LogP contribution in [-0.4, -0.2) is 59.5 Å². The second kappa shape index (κ2) is 9.55. The van der Waals surface area contributed by atoms with Crippen LogP contribution < -0.4 is 5.32 Å². The molecule has 1 N–H and O–H groups in total. The molecule has 1 aromatic rings. The van der Waals surface area contributed by atoms with Crippen molar-refractivity contribution in [2.75, 3.05) is 33.9 Å². The van der Waals surface area contributed by atoms with E-state index in [9.17, 15) is 0 Å². The predicted molar refractivity (Wildman–Crippen MR) is 105 cm³/mol. The molecule has 0 atom stereocenters. The molecule has 136 valence electrons. The number of aryl methyl sites for hydroxylation is 1. The third-order valence-electron chi connectivity index (χ3n) is 4.54. The lowest BCUT2D eigenvalue weighted by Gasteiger charge is -2.22. The van der Waals surface area contributed by atoms with Gasteiger partial charge in [0.05, 0.1) is 13.2 Å². The highest BCUT2D eigenvalue weighted by molar-refractivity contribution is 14.0. The van der Waals surface area contributed by atoms with Crippen LogP contribution in [0.15, 0.2) is 4.99 Å². The van der Waals surface area contributed by atoms with E-state index < -0.39 is 0 Å². The number of ether oxygens (including phenoxy) is 1. The molecular formula is C16H29IN6O. The Bertz CT molecular complexity index is 543. The molecule has 7 nitrogen and oxygen atoms in total. The van der Waals surface area contributed by atoms with Gasteiger partial charge in [0.15, 0.2) is 11.8 Å². The number of hydrogen-bond donors (Lipinski definition) is 1. The first kappa shape index (κ1) is 19.4. The van der Waals surface area contributed by atoms with Crippen LogP contribution in [0.1, 0.15) is 37.3 Å². The van der Waals surface area contributed by atoms with Gasteiger partial charge in [0.2, 0.25) is 0 Å². The summed E-state index contributed by atoms with van der Waals surface area (Å²) in [6.07, 6.45) is 6.14. The molecule has 0 unspecified atom stereocenters. The maximum Gasteiger partial charge on any atom is 0.193 e. The van der Waals surface area contributed by atoms with Crippen LogP contribution in [0.5, 0.6) is 0 Å². The quantitative estimate of drug-likeness (QED) is 0.298. The number of hydrogen-bond acceptors (Lipinski definition) is 4. The van der Waals surface area contributed by atoms with Crippen molar-refractivity contribution in [1.29, 1.82) is 0 Å². The van der Waals surface area contributed by atoms with Crippen LogP contribution in [0.2, 0.25) is 0 Å². The highest BCUT2D eigenvalue weighted by Gasteiger charge is 2.21. The molecule has 0 aromatic carbocycles. The van der Waals surface area contributed by atoms with Gasteiger partial charge in [-0.15, -0.1) is 34.2 Å². The van der Waals surface area contributed by atoms with E-state index in [2.05, 4.69) is 30.0 Å². The number of rotatable bonds is 7. The van der Waals surface area contributed by atoms with E-state index in [1.54, 1.807) is 0 Å². The first-order valence-corrected chi connectivity index (χ1v) is 8.68. The molecule has 1 fully saturated rings. The summed E-state index contributed by atoms with van der Waals surface area (Å²) in [5.41, 5.74) is 0. The minimum Gasteiger partial charge on any atom is -0.379 e. The molecule has 0 bridgehead atoms. The second-order valence-corrected chi connectivity index (χ2v) is 6.48. The van der Waals surface area contributed by atoms with Gasteiger partial charge in [0.1, 0.15) is 5.82 Å². The number of likely N-dealkylation sites (N-methyl/N-ethyl adjacent to an activating group) is 1. The van der Waals surface area contributed by atoms with Crippen molar-refractivity contribution in [3.05, 3.63) is 11.6 Å². The molecule has 24 heavy (non-hydrogen) atoms. The summed E-state index contributed by atoms with van der Waals surface area (Å²) >= 11 is 0. The minimum absolute atomic E-state index is 0. The average molecular weight is 448 g/mol. The smallest absolute Gasteiger partial charge is 0.193 e. The van der Waals surface area contributed by atoms with Crippen LogP contribution in [-0.2, 0) is 24.2 Å². The molecule has 1 aliphatic heterocycles. The van der Waals surface area contributed by atoms with Gasteiger partial charge in [-0.25, -0.2) is 0 Å². The molecule has 0 amide bonds. The van der Waals surface area contributed by atoms with Gasteiger partial charge in [0, 0.05) is 40.2 Å². The van der Waals surface area contributed by atoms with E-state index in [4.69, 9.17) is 4.74 Å². The summed E-state index contributed by atoms with van der Waals surface area (Å²) in [6.45, 7) is 4.18. The standard InChI is InChI=1S/C16H28N6O.HI/c1-17-16(21(2)9-10-23-12-13-6-7-13)18-11-15-20-19-14-5-3-4-8-22(14)15;/h13H,3-12H2,1-2H3,(H,17,18);1H. The van der Waals surface area contributed by atoms with E-state index >= 15 is 0 Å². The number of halogens is 1. The zero-order valence-corrected chi connectivity index (χ0v) is 17.0. The SMILES string of the molecule is CN=C(NCc1nnc2n1CCCC2)N(C)CCOCC1CC1.I.